The van der Waals surface area contributed by atoms with Gasteiger partial charge in [-0.3, -0.25) is 14.9 Å². The summed E-state index contributed by atoms with van der Waals surface area (Å²) >= 11 is 0. The normalized spacial score (nSPS) is 10.2. The second kappa shape index (κ2) is 7.37. The van der Waals surface area contributed by atoms with Crippen LogP contribution in [0.1, 0.15) is 11.3 Å². The van der Waals surface area contributed by atoms with E-state index in [1.807, 2.05) is 6.07 Å². The van der Waals surface area contributed by atoms with Gasteiger partial charge in [0, 0.05) is 0 Å². The number of ether oxygens (including phenoxy) is 1. The largest absolute Gasteiger partial charge is 0.484 e. The number of nitriles is 1. The van der Waals surface area contributed by atoms with Crippen LogP contribution in [0.25, 0.3) is 0 Å². The number of carbonyl (C=O) groups excluding carboxylic acids is 1. The smallest absolute Gasteiger partial charge is 0.433 e. The van der Waals surface area contributed by atoms with Gasteiger partial charge in [-0.15, -0.1) is 0 Å². The maximum Gasteiger partial charge on any atom is 0.433 e. The Kier molecular flexibility index (Phi) is 5.04. The van der Waals surface area contributed by atoms with Crippen molar-refractivity contribution in [2.24, 2.45) is 5.10 Å². The zero-order chi connectivity index (χ0) is 16.7. The number of hydrogen-bond acceptors (Lipinski definition) is 7. The lowest BCUT2D eigenvalue weighted by Crippen LogP contribution is -2.24. The van der Waals surface area contributed by atoms with Gasteiger partial charge in [-0.2, -0.15) is 10.4 Å². The summed E-state index contributed by atoms with van der Waals surface area (Å²) in [6.45, 7) is -0.276. The number of nitro groups is 1. The van der Waals surface area contributed by atoms with E-state index < -0.39 is 16.7 Å². The van der Waals surface area contributed by atoms with Crippen molar-refractivity contribution in [3.8, 4) is 11.8 Å². The molecule has 9 heteroatoms. The number of nitrogens with one attached hydrogen (secondary N) is 1. The van der Waals surface area contributed by atoms with E-state index in [9.17, 15) is 14.9 Å². The second-order valence-corrected chi connectivity index (χ2v) is 4.15. The van der Waals surface area contributed by atoms with E-state index in [2.05, 4.69) is 10.5 Å². The average molecular weight is 314 g/mol. The molecule has 1 N–H and O–H groups in total. The number of rotatable bonds is 6. The number of nitrogens with zero attached hydrogens (tertiary/aromatic N) is 3. The summed E-state index contributed by atoms with van der Waals surface area (Å²) in [5.41, 5.74) is 2.67. The van der Waals surface area contributed by atoms with Gasteiger partial charge in [0.1, 0.15) is 10.7 Å². The number of benzene rings is 1. The van der Waals surface area contributed by atoms with Gasteiger partial charge in [-0.1, -0.05) is 0 Å². The number of hydrogen-bond donors (Lipinski definition) is 1. The highest BCUT2D eigenvalue weighted by molar-refractivity contribution is 5.81. The molecule has 0 unspecified atom stereocenters. The van der Waals surface area contributed by atoms with Crippen LogP contribution >= 0.6 is 0 Å². The van der Waals surface area contributed by atoms with Gasteiger partial charge >= 0.3 is 5.88 Å². The molecule has 0 aliphatic heterocycles. The van der Waals surface area contributed by atoms with E-state index in [1.54, 1.807) is 24.3 Å². The van der Waals surface area contributed by atoms with Crippen LogP contribution < -0.4 is 10.2 Å². The lowest BCUT2D eigenvalue weighted by Gasteiger charge is -2.04. The van der Waals surface area contributed by atoms with E-state index >= 15 is 0 Å². The van der Waals surface area contributed by atoms with Crippen molar-refractivity contribution in [2.75, 3.05) is 6.61 Å². The molecule has 1 amide bonds. The molecule has 0 atom stereocenters. The molecule has 9 nitrogen and oxygen atoms in total. The minimum absolute atomic E-state index is 0.130. The van der Waals surface area contributed by atoms with Crippen molar-refractivity contribution in [3.05, 3.63) is 57.8 Å². The molecule has 0 spiro atoms. The van der Waals surface area contributed by atoms with Crippen molar-refractivity contribution in [3.63, 3.8) is 0 Å². The Bertz CT molecular complexity index is 773. The van der Waals surface area contributed by atoms with E-state index in [0.29, 0.717) is 11.3 Å². The molecular formula is C14H10N4O5. The fraction of sp³-hybridized carbons (Fsp3) is 0.0714. The molecule has 2 aromatic rings. The van der Waals surface area contributed by atoms with Crippen LogP contribution in [0.3, 0.4) is 0 Å². The maximum absolute atomic E-state index is 11.5. The van der Waals surface area contributed by atoms with Crippen LogP contribution in [0.5, 0.6) is 5.75 Å². The number of furan rings is 1. The summed E-state index contributed by atoms with van der Waals surface area (Å²) in [6.07, 6.45) is 1.13. The number of hydrazone groups is 1. The Morgan fingerprint density at radius 1 is 1.39 bits per heavy atom. The molecule has 0 saturated heterocycles. The van der Waals surface area contributed by atoms with Crippen molar-refractivity contribution in [1.29, 1.82) is 5.26 Å². The van der Waals surface area contributed by atoms with E-state index in [4.69, 9.17) is 14.4 Å². The molecule has 2 rings (SSSR count). The summed E-state index contributed by atoms with van der Waals surface area (Å²) in [5.74, 6) is -0.372. The van der Waals surface area contributed by atoms with Gasteiger partial charge in [-0.05, 0) is 30.3 Å². The summed E-state index contributed by atoms with van der Waals surface area (Å²) in [4.78, 5) is 21.2. The minimum Gasteiger partial charge on any atom is -0.484 e. The highest BCUT2D eigenvalue weighted by Gasteiger charge is 2.10. The third-order valence-electron chi connectivity index (χ3n) is 2.53. The molecule has 0 bridgehead atoms. The highest BCUT2D eigenvalue weighted by Crippen LogP contribution is 2.13. The first-order valence-electron chi connectivity index (χ1n) is 6.27. The molecule has 1 aromatic heterocycles. The predicted octanol–water partition coefficient (Wildman–Crippen LogP) is 1.59. The molecule has 116 valence electrons. The first-order chi connectivity index (χ1) is 11.1. The summed E-state index contributed by atoms with van der Waals surface area (Å²) in [5, 5.41) is 22.7. The molecule has 1 heterocycles. The SMILES string of the molecule is N#Cc1ccc(OCC(=O)N/N=C\c2ccc([N+](=O)[O-])o2)cc1. The average Bonchev–Trinajstić information content (AvgIpc) is 3.02. The van der Waals surface area contributed by atoms with E-state index in [0.717, 1.165) is 6.21 Å². The summed E-state index contributed by atoms with van der Waals surface area (Å²) in [6, 6.07) is 10.8. The van der Waals surface area contributed by atoms with E-state index in [1.165, 1.54) is 12.1 Å². The third kappa shape index (κ3) is 4.68. The Morgan fingerprint density at radius 3 is 2.74 bits per heavy atom. The molecule has 0 radical (unpaired) electrons. The van der Waals surface area contributed by atoms with Crippen molar-refractivity contribution in [1.82, 2.24) is 5.43 Å². The fourth-order valence-electron chi connectivity index (χ4n) is 1.48. The third-order valence-corrected chi connectivity index (χ3v) is 2.53. The molecule has 0 saturated carbocycles. The summed E-state index contributed by atoms with van der Waals surface area (Å²) in [7, 11) is 0. The van der Waals surface area contributed by atoms with Crippen molar-refractivity contribution >= 4 is 18.0 Å². The lowest BCUT2D eigenvalue weighted by molar-refractivity contribution is -0.402. The molecule has 0 aliphatic rings. The second-order valence-electron chi connectivity index (χ2n) is 4.15. The van der Waals surface area contributed by atoms with Crippen LogP contribution in [-0.4, -0.2) is 23.7 Å². The van der Waals surface area contributed by atoms with Crippen LogP contribution in [0, 0.1) is 21.4 Å². The molecule has 0 aliphatic carbocycles. The van der Waals surface area contributed by atoms with Crippen LogP contribution in [0.4, 0.5) is 5.88 Å². The maximum atomic E-state index is 11.5. The zero-order valence-electron chi connectivity index (χ0n) is 11.6. The predicted molar refractivity (Wildman–Crippen MR) is 77.8 cm³/mol. The number of carbonyl (C=O) groups is 1. The van der Waals surface area contributed by atoms with Crippen LogP contribution in [0.15, 0.2) is 45.9 Å². The Hall–Kier alpha value is -3.67. The van der Waals surface area contributed by atoms with Gasteiger partial charge in [0.05, 0.1) is 23.9 Å². The first-order valence-corrected chi connectivity index (χ1v) is 6.27. The first kappa shape index (κ1) is 15.7. The van der Waals surface area contributed by atoms with Gasteiger partial charge in [0.25, 0.3) is 5.91 Å². The van der Waals surface area contributed by atoms with Gasteiger partial charge in [0.2, 0.25) is 0 Å². The van der Waals surface area contributed by atoms with Crippen LogP contribution in [0.2, 0.25) is 0 Å². The van der Waals surface area contributed by atoms with Gasteiger partial charge in [0.15, 0.2) is 12.4 Å². The Labute approximate surface area is 129 Å². The molecule has 1 aromatic carbocycles. The highest BCUT2D eigenvalue weighted by atomic mass is 16.6. The monoisotopic (exact) mass is 314 g/mol. The standard InChI is InChI=1S/C14H10N4O5/c15-7-10-1-3-11(4-2-10)22-9-13(19)17-16-8-12-5-6-14(23-12)18(20)21/h1-6,8H,9H2,(H,17,19)/b16-8-. The zero-order valence-corrected chi connectivity index (χ0v) is 11.6. The molecule has 0 fully saturated rings. The topological polar surface area (TPSA) is 131 Å². The Balaban J connectivity index is 1.78. The van der Waals surface area contributed by atoms with Crippen molar-refractivity contribution in [2.45, 2.75) is 0 Å². The minimum atomic E-state index is -0.679. The van der Waals surface area contributed by atoms with Crippen LogP contribution in [-0.2, 0) is 4.79 Å². The number of amides is 1. The lowest BCUT2D eigenvalue weighted by atomic mass is 10.2. The van der Waals surface area contributed by atoms with Gasteiger partial charge in [-0.25, -0.2) is 5.43 Å². The Morgan fingerprint density at radius 2 is 2.13 bits per heavy atom. The van der Waals surface area contributed by atoms with E-state index in [-0.39, 0.29) is 12.4 Å². The quantitative estimate of drug-likeness (QED) is 0.489. The summed E-state index contributed by atoms with van der Waals surface area (Å²) < 4.78 is 10.0. The fourth-order valence-corrected chi connectivity index (χ4v) is 1.48. The van der Waals surface area contributed by atoms with Gasteiger partial charge < -0.3 is 9.15 Å². The molecule has 23 heavy (non-hydrogen) atoms. The molecular weight excluding hydrogens is 304 g/mol. The van der Waals surface area contributed by atoms with Crippen molar-refractivity contribution < 1.29 is 18.9 Å².